The molecule has 8 nitrogen and oxygen atoms in total. The lowest BCUT2D eigenvalue weighted by Crippen LogP contribution is -2.41. The molecule has 1 atom stereocenters. The van der Waals surface area contributed by atoms with Gasteiger partial charge in [-0.15, -0.1) is 0 Å². The Morgan fingerprint density at radius 3 is 2.75 bits per heavy atom. The second-order valence-electron chi connectivity index (χ2n) is 5.90. The van der Waals surface area contributed by atoms with Crippen molar-refractivity contribution in [1.29, 1.82) is 0 Å². The number of hydrogen-bond donors (Lipinski definition) is 1. The van der Waals surface area contributed by atoms with Gasteiger partial charge in [-0.25, -0.2) is 15.0 Å². The summed E-state index contributed by atoms with van der Waals surface area (Å²) in [5.41, 5.74) is 3.93. The second-order valence-corrected chi connectivity index (χ2v) is 5.90. The molecule has 4 rings (SSSR count). The number of piperidine rings is 1. The number of nitrogens with one attached hydrogen (secondary N) is 1. The van der Waals surface area contributed by atoms with Crippen LogP contribution in [0.3, 0.4) is 0 Å². The molecule has 2 aliphatic rings. The number of carbonyl (C=O) groups excluding carboxylic acids is 1. The van der Waals surface area contributed by atoms with Crippen LogP contribution in [0.5, 0.6) is 0 Å². The van der Waals surface area contributed by atoms with Crippen LogP contribution >= 0.6 is 0 Å². The molecule has 1 fully saturated rings. The van der Waals surface area contributed by atoms with Gasteiger partial charge in [0.25, 0.3) is 0 Å². The Morgan fingerprint density at radius 1 is 1.17 bits per heavy atom. The van der Waals surface area contributed by atoms with Crippen molar-refractivity contribution in [3.05, 3.63) is 37.3 Å². The van der Waals surface area contributed by atoms with E-state index in [9.17, 15) is 4.79 Å². The monoisotopic (exact) mass is 325 g/mol. The lowest BCUT2D eigenvalue weighted by molar-refractivity contribution is -0.108. The number of imidazole rings is 1. The minimum atomic E-state index is -0.469. The van der Waals surface area contributed by atoms with Crippen molar-refractivity contribution in [3.63, 3.8) is 0 Å². The van der Waals surface area contributed by atoms with Crippen LogP contribution in [-0.4, -0.2) is 44.9 Å². The van der Waals surface area contributed by atoms with Crippen molar-refractivity contribution in [2.24, 2.45) is 0 Å². The highest BCUT2D eigenvalue weighted by Crippen LogP contribution is 2.26. The van der Waals surface area contributed by atoms with Crippen LogP contribution in [-0.2, 0) is 4.79 Å². The Labute approximate surface area is 139 Å². The van der Waals surface area contributed by atoms with E-state index >= 15 is 0 Å². The first-order valence-electron chi connectivity index (χ1n) is 8.13. The first kappa shape index (κ1) is 14.7. The van der Waals surface area contributed by atoms with Gasteiger partial charge in [0.1, 0.15) is 18.2 Å². The van der Waals surface area contributed by atoms with Gasteiger partial charge in [0.2, 0.25) is 0 Å². The fraction of sp³-hybridized carbons (Fsp3) is 0.375. The van der Waals surface area contributed by atoms with Gasteiger partial charge in [-0.3, -0.25) is 5.01 Å². The maximum atomic E-state index is 11.7. The van der Waals surface area contributed by atoms with E-state index in [0.29, 0.717) is 5.82 Å². The molecule has 0 spiro atoms. The summed E-state index contributed by atoms with van der Waals surface area (Å²) in [6, 6.07) is 1.46. The molecule has 4 heterocycles. The van der Waals surface area contributed by atoms with Gasteiger partial charge in [0, 0.05) is 37.7 Å². The highest BCUT2D eigenvalue weighted by Gasteiger charge is 2.30. The molecule has 1 saturated heterocycles. The van der Waals surface area contributed by atoms with E-state index in [1.165, 1.54) is 19.3 Å². The quantitative estimate of drug-likeness (QED) is 0.842. The fourth-order valence-corrected chi connectivity index (χ4v) is 3.18. The number of hydrazine groups is 1. The molecule has 2 aliphatic heterocycles. The molecular weight excluding hydrogens is 306 g/mol. The van der Waals surface area contributed by atoms with Crippen LogP contribution in [0.25, 0.3) is 5.70 Å². The van der Waals surface area contributed by atoms with Crippen molar-refractivity contribution in [3.8, 4) is 0 Å². The molecule has 0 aromatic carbocycles. The summed E-state index contributed by atoms with van der Waals surface area (Å²) < 4.78 is 1.82. The van der Waals surface area contributed by atoms with Gasteiger partial charge in [-0.2, -0.15) is 0 Å². The van der Waals surface area contributed by atoms with Crippen molar-refractivity contribution in [1.82, 2.24) is 24.9 Å². The number of anilines is 2. The summed E-state index contributed by atoms with van der Waals surface area (Å²) >= 11 is 0. The Hall–Kier alpha value is -2.90. The van der Waals surface area contributed by atoms with Gasteiger partial charge in [0.05, 0.1) is 12.0 Å². The molecule has 0 amide bonds. The van der Waals surface area contributed by atoms with E-state index in [2.05, 4.69) is 25.3 Å². The molecule has 24 heavy (non-hydrogen) atoms. The molecule has 0 saturated carbocycles. The Kier molecular flexibility index (Phi) is 3.86. The lowest BCUT2D eigenvalue weighted by atomic mass is 10.1. The molecule has 0 aliphatic carbocycles. The highest BCUT2D eigenvalue weighted by molar-refractivity contribution is 5.83. The predicted molar refractivity (Wildman–Crippen MR) is 90.1 cm³/mol. The molecule has 124 valence electrons. The number of nitrogens with zero attached hydrogens (tertiary/aromatic N) is 6. The van der Waals surface area contributed by atoms with Gasteiger partial charge >= 0.3 is 0 Å². The zero-order chi connectivity index (χ0) is 16.4. The minimum Gasteiger partial charge on any atom is -0.356 e. The van der Waals surface area contributed by atoms with E-state index < -0.39 is 6.04 Å². The van der Waals surface area contributed by atoms with Gasteiger partial charge < -0.3 is 19.7 Å². The number of aromatic nitrogens is 4. The van der Waals surface area contributed by atoms with E-state index in [1.54, 1.807) is 30.1 Å². The van der Waals surface area contributed by atoms with Gasteiger partial charge in [0.15, 0.2) is 12.1 Å². The first-order chi connectivity index (χ1) is 11.9. The van der Waals surface area contributed by atoms with Crippen LogP contribution in [0.15, 0.2) is 37.3 Å². The lowest BCUT2D eigenvalue weighted by Gasteiger charge is -2.29. The predicted octanol–water partition coefficient (Wildman–Crippen LogP) is 1.05. The topological polar surface area (TPSA) is 79.2 Å². The third kappa shape index (κ3) is 2.60. The number of hydrogen-bond acceptors (Lipinski definition) is 7. The van der Waals surface area contributed by atoms with Crippen molar-refractivity contribution in [2.75, 3.05) is 23.0 Å². The summed E-state index contributed by atoms with van der Waals surface area (Å²) in [5, 5.41) is 1.75. The van der Waals surface area contributed by atoms with Crippen molar-refractivity contribution in [2.45, 2.75) is 25.3 Å². The summed E-state index contributed by atoms with van der Waals surface area (Å²) in [7, 11) is 0. The van der Waals surface area contributed by atoms with Crippen LogP contribution < -0.4 is 15.3 Å². The standard InChI is InChI=1S/C16H19N7O/c24-10-14-13(22-7-4-17-12-22)9-20-23(14)16-8-15(18-11-19-16)21-5-2-1-3-6-21/h4,7-12,14,20H,1-3,5-6H2. The Morgan fingerprint density at radius 2 is 2.00 bits per heavy atom. The van der Waals surface area contributed by atoms with E-state index in [0.717, 1.165) is 30.9 Å². The Bertz CT molecular complexity index is 737. The largest absolute Gasteiger partial charge is 0.356 e. The maximum Gasteiger partial charge on any atom is 0.153 e. The average Bonchev–Trinajstić information content (AvgIpc) is 3.31. The summed E-state index contributed by atoms with van der Waals surface area (Å²) in [5.74, 6) is 1.58. The van der Waals surface area contributed by atoms with Crippen LogP contribution in [0, 0.1) is 0 Å². The first-order valence-corrected chi connectivity index (χ1v) is 8.13. The number of carbonyl (C=O) groups is 1. The SMILES string of the molecule is O=CC1C(n2ccnc2)=CNN1c1cc(N2CCCCC2)ncn1. The summed E-state index contributed by atoms with van der Waals surface area (Å²) in [6.07, 6.45) is 13.1. The zero-order valence-corrected chi connectivity index (χ0v) is 13.2. The van der Waals surface area contributed by atoms with Gasteiger partial charge in [-0.05, 0) is 19.3 Å². The van der Waals surface area contributed by atoms with E-state index in [-0.39, 0.29) is 0 Å². The Balaban J connectivity index is 1.59. The third-order valence-corrected chi connectivity index (χ3v) is 4.43. The molecular formula is C16H19N7O. The maximum absolute atomic E-state index is 11.7. The van der Waals surface area contributed by atoms with Crippen molar-refractivity contribution >= 4 is 23.6 Å². The highest BCUT2D eigenvalue weighted by atomic mass is 16.1. The molecule has 1 N–H and O–H groups in total. The fourth-order valence-electron chi connectivity index (χ4n) is 3.18. The number of aldehydes is 1. The van der Waals surface area contributed by atoms with Crippen molar-refractivity contribution < 1.29 is 4.79 Å². The normalized spacial score (nSPS) is 20.7. The average molecular weight is 325 g/mol. The van der Waals surface area contributed by atoms with Crippen LogP contribution in [0.4, 0.5) is 11.6 Å². The molecule has 1 unspecified atom stereocenters. The van der Waals surface area contributed by atoms with E-state index in [1.807, 2.05) is 16.8 Å². The minimum absolute atomic E-state index is 0.469. The molecule has 0 radical (unpaired) electrons. The third-order valence-electron chi connectivity index (χ3n) is 4.43. The van der Waals surface area contributed by atoms with Crippen LogP contribution in [0.2, 0.25) is 0 Å². The smallest absolute Gasteiger partial charge is 0.153 e. The summed E-state index contributed by atoms with van der Waals surface area (Å²) in [4.78, 5) is 26.7. The summed E-state index contributed by atoms with van der Waals surface area (Å²) in [6.45, 7) is 2.03. The molecule has 2 aromatic heterocycles. The van der Waals surface area contributed by atoms with E-state index in [4.69, 9.17) is 0 Å². The zero-order valence-electron chi connectivity index (χ0n) is 13.2. The van der Waals surface area contributed by atoms with Crippen LogP contribution in [0.1, 0.15) is 19.3 Å². The molecule has 0 bridgehead atoms. The van der Waals surface area contributed by atoms with Gasteiger partial charge in [-0.1, -0.05) is 0 Å². The number of rotatable bonds is 4. The molecule has 2 aromatic rings. The molecule has 8 heteroatoms. The second kappa shape index (κ2) is 6.31.